The first kappa shape index (κ1) is 16.1. The van der Waals surface area contributed by atoms with E-state index >= 15 is 0 Å². The maximum Gasteiger partial charge on any atom is 0.300 e. The Hall–Kier alpha value is -2.38. The van der Waals surface area contributed by atoms with Crippen molar-refractivity contribution in [3.8, 4) is 0 Å². The molecule has 0 spiro atoms. The number of para-hydroxylation sites is 2. The van der Waals surface area contributed by atoms with Crippen LogP contribution in [-0.4, -0.2) is 30.8 Å². The number of aromatic nitrogens is 1. The van der Waals surface area contributed by atoms with Crippen molar-refractivity contribution in [2.75, 3.05) is 18.4 Å². The van der Waals surface area contributed by atoms with Gasteiger partial charge < -0.3 is 9.73 Å². The maximum absolute atomic E-state index is 12.8. The number of piperidine rings is 1. The summed E-state index contributed by atoms with van der Waals surface area (Å²) in [4.78, 5) is 4.64. The van der Waals surface area contributed by atoms with Crippen LogP contribution in [0.1, 0.15) is 19.3 Å². The Balaban J connectivity index is 1.60. The molecule has 1 aromatic heterocycles. The van der Waals surface area contributed by atoms with Crippen LogP contribution in [0.3, 0.4) is 0 Å². The highest BCUT2D eigenvalue weighted by molar-refractivity contribution is 7.89. The second-order valence-electron chi connectivity index (χ2n) is 6.10. The molecule has 130 valence electrons. The van der Waals surface area contributed by atoms with Crippen molar-refractivity contribution >= 4 is 32.8 Å². The number of hydrogen-bond acceptors (Lipinski definition) is 5. The van der Waals surface area contributed by atoms with Crippen molar-refractivity contribution in [3.05, 3.63) is 48.5 Å². The van der Waals surface area contributed by atoms with E-state index in [1.54, 1.807) is 28.6 Å². The summed E-state index contributed by atoms with van der Waals surface area (Å²) in [6.45, 7) is 1.18. The van der Waals surface area contributed by atoms with Gasteiger partial charge in [-0.15, -0.1) is 0 Å². The van der Waals surface area contributed by atoms with Crippen LogP contribution in [0.5, 0.6) is 0 Å². The topological polar surface area (TPSA) is 75.4 Å². The fourth-order valence-corrected chi connectivity index (χ4v) is 4.60. The summed E-state index contributed by atoms with van der Waals surface area (Å²) in [5.74, 6) is 0. The summed E-state index contributed by atoms with van der Waals surface area (Å²) < 4.78 is 32.8. The molecule has 1 saturated heterocycles. The van der Waals surface area contributed by atoms with Gasteiger partial charge in [0, 0.05) is 18.8 Å². The molecule has 1 aliphatic heterocycles. The summed E-state index contributed by atoms with van der Waals surface area (Å²) in [6.07, 6.45) is 2.92. The zero-order valence-corrected chi connectivity index (χ0v) is 14.5. The minimum Gasteiger partial charge on any atom is -0.423 e. The summed E-state index contributed by atoms with van der Waals surface area (Å²) in [5, 5.41) is 3.05. The molecule has 0 bridgehead atoms. The average Bonchev–Trinajstić information content (AvgIpc) is 3.05. The van der Waals surface area contributed by atoms with Crippen molar-refractivity contribution in [1.29, 1.82) is 0 Å². The van der Waals surface area contributed by atoms with E-state index in [1.807, 2.05) is 24.3 Å². The number of fused-ring (bicyclic) bond motifs is 1. The molecule has 25 heavy (non-hydrogen) atoms. The molecule has 0 saturated carbocycles. The van der Waals surface area contributed by atoms with Gasteiger partial charge in [0.1, 0.15) is 5.52 Å². The van der Waals surface area contributed by atoms with Gasteiger partial charge in [-0.1, -0.05) is 24.6 Å². The standard InChI is InChI=1S/C18H19N3O3S/c22-25(23,21-11-4-1-5-12-21)15-8-6-7-14(13-15)19-18-20-16-9-2-3-10-17(16)24-18/h2-3,6-10,13H,1,4-5,11-12H2,(H,19,20). The van der Waals surface area contributed by atoms with E-state index in [4.69, 9.17) is 4.42 Å². The van der Waals surface area contributed by atoms with Gasteiger partial charge >= 0.3 is 0 Å². The summed E-state index contributed by atoms with van der Waals surface area (Å²) >= 11 is 0. The predicted molar refractivity (Wildman–Crippen MR) is 96.3 cm³/mol. The highest BCUT2D eigenvalue weighted by Crippen LogP contribution is 2.26. The van der Waals surface area contributed by atoms with E-state index in [0.717, 1.165) is 24.8 Å². The van der Waals surface area contributed by atoms with Crippen molar-refractivity contribution in [1.82, 2.24) is 9.29 Å². The molecule has 0 amide bonds. The van der Waals surface area contributed by atoms with Gasteiger partial charge in [-0.05, 0) is 43.2 Å². The van der Waals surface area contributed by atoms with Gasteiger partial charge in [-0.3, -0.25) is 0 Å². The van der Waals surface area contributed by atoms with Crippen LogP contribution in [-0.2, 0) is 10.0 Å². The molecule has 0 aliphatic carbocycles. The molecule has 6 nitrogen and oxygen atoms in total. The van der Waals surface area contributed by atoms with Gasteiger partial charge in [0.05, 0.1) is 4.90 Å². The number of nitrogens with zero attached hydrogens (tertiary/aromatic N) is 2. The SMILES string of the molecule is O=S(=O)(c1cccc(Nc2nc3ccccc3o2)c1)N1CCCCC1. The van der Waals surface area contributed by atoms with Gasteiger partial charge in [0.25, 0.3) is 6.01 Å². The average molecular weight is 357 g/mol. The van der Waals surface area contributed by atoms with Gasteiger partial charge in [0.2, 0.25) is 10.0 Å². The lowest BCUT2D eigenvalue weighted by Crippen LogP contribution is -2.35. The lowest BCUT2D eigenvalue weighted by molar-refractivity contribution is 0.346. The number of sulfonamides is 1. The lowest BCUT2D eigenvalue weighted by Gasteiger charge is -2.26. The molecular formula is C18H19N3O3S. The Morgan fingerprint density at radius 1 is 1.00 bits per heavy atom. The number of benzene rings is 2. The molecule has 0 unspecified atom stereocenters. The van der Waals surface area contributed by atoms with E-state index in [2.05, 4.69) is 10.3 Å². The smallest absolute Gasteiger partial charge is 0.300 e. The molecule has 4 rings (SSSR count). The molecule has 2 heterocycles. The second-order valence-corrected chi connectivity index (χ2v) is 8.04. The third-order valence-corrected chi connectivity index (χ3v) is 6.23. The summed E-state index contributed by atoms with van der Waals surface area (Å²) in [6, 6.07) is 14.6. The predicted octanol–water partition coefficient (Wildman–Crippen LogP) is 3.75. The monoisotopic (exact) mass is 357 g/mol. The molecule has 1 N–H and O–H groups in total. The number of rotatable bonds is 4. The third kappa shape index (κ3) is 3.25. The van der Waals surface area contributed by atoms with Crippen molar-refractivity contribution in [3.63, 3.8) is 0 Å². The Labute approximate surface area is 146 Å². The Kier molecular flexibility index (Phi) is 4.19. The van der Waals surface area contributed by atoms with Crippen LogP contribution in [0.25, 0.3) is 11.1 Å². The van der Waals surface area contributed by atoms with E-state index in [0.29, 0.717) is 30.4 Å². The zero-order chi connectivity index (χ0) is 17.3. The molecule has 1 aliphatic rings. The number of oxazole rings is 1. The summed E-state index contributed by atoms with van der Waals surface area (Å²) in [5.41, 5.74) is 2.06. The zero-order valence-electron chi connectivity index (χ0n) is 13.7. The Morgan fingerprint density at radius 3 is 2.60 bits per heavy atom. The number of anilines is 2. The molecule has 2 aromatic carbocycles. The molecule has 7 heteroatoms. The van der Waals surface area contributed by atoms with Crippen LogP contribution in [0.2, 0.25) is 0 Å². The maximum atomic E-state index is 12.8. The van der Waals surface area contributed by atoms with E-state index in [9.17, 15) is 8.42 Å². The van der Waals surface area contributed by atoms with E-state index in [1.165, 1.54) is 0 Å². The van der Waals surface area contributed by atoms with E-state index < -0.39 is 10.0 Å². The van der Waals surface area contributed by atoms with Crippen LogP contribution in [0, 0.1) is 0 Å². The fourth-order valence-electron chi connectivity index (χ4n) is 3.04. The van der Waals surface area contributed by atoms with Crippen molar-refractivity contribution in [2.24, 2.45) is 0 Å². The molecular weight excluding hydrogens is 338 g/mol. The van der Waals surface area contributed by atoms with Gasteiger partial charge in [-0.2, -0.15) is 9.29 Å². The highest BCUT2D eigenvalue weighted by atomic mass is 32.2. The molecule has 3 aromatic rings. The summed E-state index contributed by atoms with van der Waals surface area (Å²) in [7, 11) is -3.46. The number of nitrogens with one attached hydrogen (secondary N) is 1. The first-order valence-corrected chi connectivity index (χ1v) is 9.80. The minimum atomic E-state index is -3.46. The first-order valence-electron chi connectivity index (χ1n) is 8.36. The Morgan fingerprint density at radius 2 is 1.80 bits per heavy atom. The quantitative estimate of drug-likeness (QED) is 0.770. The second kappa shape index (κ2) is 6.50. The Bertz CT molecular complexity index is 958. The molecule has 0 radical (unpaired) electrons. The molecule has 1 fully saturated rings. The van der Waals surface area contributed by atoms with Gasteiger partial charge in [0.15, 0.2) is 5.58 Å². The normalized spacial score (nSPS) is 16.2. The first-order chi connectivity index (χ1) is 12.1. The van der Waals surface area contributed by atoms with Crippen LogP contribution in [0.15, 0.2) is 57.8 Å². The fraction of sp³-hybridized carbons (Fsp3) is 0.278. The van der Waals surface area contributed by atoms with Crippen molar-refractivity contribution < 1.29 is 12.8 Å². The van der Waals surface area contributed by atoms with Crippen LogP contribution < -0.4 is 5.32 Å². The van der Waals surface area contributed by atoms with E-state index in [-0.39, 0.29) is 4.90 Å². The minimum absolute atomic E-state index is 0.288. The third-order valence-electron chi connectivity index (χ3n) is 4.33. The van der Waals surface area contributed by atoms with Crippen LogP contribution in [0.4, 0.5) is 11.7 Å². The van der Waals surface area contributed by atoms with Crippen LogP contribution >= 0.6 is 0 Å². The number of hydrogen-bond donors (Lipinski definition) is 1. The van der Waals surface area contributed by atoms with Crippen molar-refractivity contribution in [2.45, 2.75) is 24.2 Å². The molecule has 0 atom stereocenters. The lowest BCUT2D eigenvalue weighted by atomic mass is 10.2. The highest BCUT2D eigenvalue weighted by Gasteiger charge is 2.26. The van der Waals surface area contributed by atoms with Gasteiger partial charge in [-0.25, -0.2) is 8.42 Å². The largest absolute Gasteiger partial charge is 0.423 e.